The Balaban J connectivity index is 1.32. The van der Waals surface area contributed by atoms with Crippen LogP contribution >= 0.6 is 23.5 Å². The van der Waals surface area contributed by atoms with Crippen molar-refractivity contribution in [3.05, 3.63) is 65.2 Å². The van der Waals surface area contributed by atoms with E-state index in [1.165, 1.54) is 44.1 Å². The largest absolute Gasteiger partial charge is 0.495 e. The molecule has 1 saturated carbocycles. The van der Waals surface area contributed by atoms with Crippen LogP contribution in [0.15, 0.2) is 53.8 Å². The van der Waals surface area contributed by atoms with Gasteiger partial charge in [0.15, 0.2) is 0 Å². The van der Waals surface area contributed by atoms with Gasteiger partial charge in [0.25, 0.3) is 0 Å². The van der Waals surface area contributed by atoms with Crippen LogP contribution in [0.3, 0.4) is 0 Å². The molecule has 0 radical (unpaired) electrons. The molecule has 0 spiro atoms. The highest BCUT2D eigenvalue weighted by Gasteiger charge is 2.14. The molecule has 1 fully saturated rings. The lowest BCUT2D eigenvalue weighted by Crippen LogP contribution is -2.23. The molecule has 168 valence electrons. The highest BCUT2D eigenvalue weighted by atomic mass is 35.5. The zero-order chi connectivity index (χ0) is 22.2. The van der Waals surface area contributed by atoms with Gasteiger partial charge in [0, 0.05) is 29.4 Å². The summed E-state index contributed by atoms with van der Waals surface area (Å²) in [6, 6.07) is 10.2. The second-order valence-corrected chi connectivity index (χ2v) is 9.16. The van der Waals surface area contributed by atoms with E-state index in [0.717, 1.165) is 46.4 Å². The molecule has 0 saturated heterocycles. The summed E-state index contributed by atoms with van der Waals surface area (Å²) in [5.74, 6) is 1.48. The molecular formula is C24H28ClN5OS. The molecule has 0 bridgehead atoms. The van der Waals surface area contributed by atoms with Gasteiger partial charge in [0.1, 0.15) is 5.75 Å². The van der Waals surface area contributed by atoms with Crippen LogP contribution in [0.4, 0.5) is 11.6 Å². The monoisotopic (exact) mass is 469 g/mol. The van der Waals surface area contributed by atoms with Crippen LogP contribution in [0, 0.1) is 0 Å². The average Bonchev–Trinajstić information content (AvgIpc) is 2.84. The summed E-state index contributed by atoms with van der Waals surface area (Å²) in [5, 5.41) is 4.17. The molecule has 1 aliphatic carbocycles. The molecule has 8 heteroatoms. The van der Waals surface area contributed by atoms with E-state index in [-0.39, 0.29) is 0 Å². The predicted molar refractivity (Wildman–Crippen MR) is 132 cm³/mol. The smallest absolute Gasteiger partial charge is 0.222 e. The predicted octanol–water partition coefficient (Wildman–Crippen LogP) is 6.18. The fraction of sp³-hybridized carbons (Fsp3) is 0.375. The van der Waals surface area contributed by atoms with Crippen LogP contribution in [0.25, 0.3) is 0 Å². The molecule has 4 rings (SSSR count). The van der Waals surface area contributed by atoms with Crippen molar-refractivity contribution >= 4 is 35.2 Å². The summed E-state index contributed by atoms with van der Waals surface area (Å²) < 4.78 is 8.85. The number of pyridine rings is 1. The van der Waals surface area contributed by atoms with Crippen molar-refractivity contribution in [3.63, 3.8) is 0 Å². The molecule has 0 unspecified atom stereocenters. The molecule has 0 amide bonds. The van der Waals surface area contributed by atoms with E-state index in [1.807, 2.05) is 48.9 Å². The molecule has 0 aliphatic heterocycles. The fourth-order valence-corrected chi connectivity index (χ4v) is 4.69. The first-order chi connectivity index (χ1) is 15.7. The van der Waals surface area contributed by atoms with Crippen molar-refractivity contribution in [2.24, 2.45) is 0 Å². The number of nitrogens with zero attached hydrogens (tertiary/aromatic N) is 3. The van der Waals surface area contributed by atoms with E-state index in [9.17, 15) is 0 Å². The number of ether oxygens (including phenoxy) is 1. The third-order valence-corrected chi connectivity index (χ3v) is 6.92. The first-order valence-electron chi connectivity index (χ1n) is 11.0. The number of rotatable bonds is 9. The molecule has 0 atom stereocenters. The third-order valence-electron chi connectivity index (χ3n) is 5.56. The van der Waals surface area contributed by atoms with E-state index in [2.05, 4.69) is 25.0 Å². The average molecular weight is 470 g/mol. The number of benzene rings is 1. The van der Waals surface area contributed by atoms with Gasteiger partial charge in [0.05, 0.1) is 29.7 Å². The highest BCUT2D eigenvalue weighted by Crippen LogP contribution is 2.30. The number of hydrogen-bond donors (Lipinski definition) is 2. The zero-order valence-electron chi connectivity index (χ0n) is 18.2. The number of nitrogens with one attached hydrogen (secondary N) is 2. The van der Waals surface area contributed by atoms with Crippen molar-refractivity contribution < 1.29 is 4.74 Å². The van der Waals surface area contributed by atoms with Gasteiger partial charge in [-0.25, -0.2) is 9.97 Å². The van der Waals surface area contributed by atoms with Gasteiger partial charge in [0.2, 0.25) is 5.95 Å². The molecule has 3 aromatic rings. The van der Waals surface area contributed by atoms with Crippen LogP contribution in [0.5, 0.6) is 5.75 Å². The van der Waals surface area contributed by atoms with Crippen molar-refractivity contribution in [3.8, 4) is 5.75 Å². The Labute approximate surface area is 198 Å². The number of hydrogen-bond acceptors (Lipinski definition) is 7. The van der Waals surface area contributed by atoms with Gasteiger partial charge in [-0.2, -0.15) is 0 Å². The van der Waals surface area contributed by atoms with E-state index < -0.39 is 0 Å². The number of aromatic nitrogens is 3. The van der Waals surface area contributed by atoms with E-state index >= 15 is 0 Å². The van der Waals surface area contributed by atoms with Crippen LogP contribution in [0.2, 0.25) is 5.02 Å². The summed E-state index contributed by atoms with van der Waals surface area (Å²) in [7, 11) is 1.67. The zero-order valence-corrected chi connectivity index (χ0v) is 19.8. The Morgan fingerprint density at radius 2 is 1.81 bits per heavy atom. The second-order valence-electron chi connectivity index (χ2n) is 7.90. The second kappa shape index (κ2) is 11.4. The fourth-order valence-electron chi connectivity index (χ4n) is 3.79. The summed E-state index contributed by atoms with van der Waals surface area (Å²) in [4.78, 5) is 14.6. The Bertz CT molecular complexity index is 1010. The van der Waals surface area contributed by atoms with Gasteiger partial charge in [-0.1, -0.05) is 43.0 Å². The quantitative estimate of drug-likeness (QED) is 0.362. The van der Waals surface area contributed by atoms with Crippen molar-refractivity contribution in [1.82, 2.24) is 15.0 Å². The molecular weight excluding hydrogens is 442 g/mol. The number of aryl methyl sites for hydroxylation is 2. The molecule has 2 N–H and O–H groups in total. The van der Waals surface area contributed by atoms with Crippen LogP contribution in [-0.4, -0.2) is 28.1 Å². The molecule has 1 aromatic carbocycles. The minimum absolute atomic E-state index is 0.506. The number of anilines is 2. The SMILES string of the molecule is COc1cc(NSc2ccccc2Cl)cnc1CCc1cnc(NC2CCCCC2)nc1. The molecule has 32 heavy (non-hydrogen) atoms. The maximum Gasteiger partial charge on any atom is 0.222 e. The summed E-state index contributed by atoms with van der Waals surface area (Å²) in [5.41, 5.74) is 2.85. The minimum atomic E-state index is 0.506. The van der Waals surface area contributed by atoms with Crippen LogP contribution < -0.4 is 14.8 Å². The summed E-state index contributed by atoms with van der Waals surface area (Å²) in [6.45, 7) is 0. The Kier molecular flexibility index (Phi) is 8.07. The van der Waals surface area contributed by atoms with Crippen LogP contribution in [0.1, 0.15) is 43.4 Å². The van der Waals surface area contributed by atoms with Crippen molar-refractivity contribution in [1.29, 1.82) is 0 Å². The molecule has 6 nitrogen and oxygen atoms in total. The van der Waals surface area contributed by atoms with E-state index in [1.54, 1.807) is 7.11 Å². The first kappa shape index (κ1) is 22.7. The number of halogens is 1. The van der Waals surface area contributed by atoms with E-state index in [4.69, 9.17) is 16.3 Å². The highest BCUT2D eigenvalue weighted by molar-refractivity contribution is 8.00. The van der Waals surface area contributed by atoms with Gasteiger partial charge in [-0.15, -0.1) is 0 Å². The number of methoxy groups -OCH3 is 1. The molecule has 1 aliphatic rings. The summed E-state index contributed by atoms with van der Waals surface area (Å²) >= 11 is 7.67. The van der Waals surface area contributed by atoms with Gasteiger partial charge >= 0.3 is 0 Å². The maximum atomic E-state index is 6.22. The normalized spacial score (nSPS) is 14.2. The van der Waals surface area contributed by atoms with Crippen molar-refractivity contribution in [2.75, 3.05) is 17.1 Å². The van der Waals surface area contributed by atoms with Crippen LogP contribution in [-0.2, 0) is 12.8 Å². The molecule has 2 heterocycles. The topological polar surface area (TPSA) is 72.0 Å². The maximum absolute atomic E-state index is 6.22. The lowest BCUT2D eigenvalue weighted by Gasteiger charge is -2.22. The van der Waals surface area contributed by atoms with E-state index in [0.29, 0.717) is 11.1 Å². The Morgan fingerprint density at radius 1 is 1.03 bits per heavy atom. The van der Waals surface area contributed by atoms with Gasteiger partial charge in [-0.3, -0.25) is 4.98 Å². The van der Waals surface area contributed by atoms with Gasteiger partial charge in [-0.05, 0) is 55.3 Å². The third kappa shape index (κ3) is 6.26. The first-order valence-corrected chi connectivity index (χ1v) is 12.2. The molecule has 2 aromatic heterocycles. The Morgan fingerprint density at radius 3 is 2.56 bits per heavy atom. The Hall–Kier alpha value is -2.51. The lowest BCUT2D eigenvalue weighted by atomic mass is 9.96. The van der Waals surface area contributed by atoms with Crippen molar-refractivity contribution in [2.45, 2.75) is 55.9 Å². The standard InChI is InChI=1S/C24H28ClN5OS/c1-31-22-13-19(30-32-23-10-6-5-9-20(23)25)16-26-21(22)12-11-17-14-27-24(28-15-17)29-18-7-3-2-4-8-18/h5-6,9-10,13-16,18,30H,2-4,7-8,11-12H2,1H3,(H,27,28,29). The summed E-state index contributed by atoms with van der Waals surface area (Å²) in [6.07, 6.45) is 13.5. The minimum Gasteiger partial charge on any atom is -0.495 e. The lowest BCUT2D eigenvalue weighted by molar-refractivity contribution is 0.407. The van der Waals surface area contributed by atoms with Gasteiger partial charge < -0.3 is 14.8 Å².